The van der Waals surface area contributed by atoms with E-state index in [1.807, 2.05) is 0 Å². The molecule has 2 aromatic rings. The summed E-state index contributed by atoms with van der Waals surface area (Å²) in [5, 5.41) is 6.71. The molecule has 0 unspecified atom stereocenters. The summed E-state index contributed by atoms with van der Waals surface area (Å²) < 4.78 is 32.4. The van der Waals surface area contributed by atoms with Gasteiger partial charge in [0.2, 0.25) is 5.91 Å². The molecule has 2 aliphatic rings. The van der Waals surface area contributed by atoms with Crippen molar-refractivity contribution in [2.45, 2.75) is 50.6 Å². The van der Waals surface area contributed by atoms with E-state index < -0.39 is 17.5 Å². The molecule has 33 heavy (non-hydrogen) atoms. The molecule has 1 saturated carbocycles. The van der Waals surface area contributed by atoms with Crippen molar-refractivity contribution in [1.82, 2.24) is 20.3 Å². The lowest BCUT2D eigenvalue weighted by Gasteiger charge is -2.43. The van der Waals surface area contributed by atoms with Crippen molar-refractivity contribution in [1.29, 1.82) is 0 Å². The van der Waals surface area contributed by atoms with Gasteiger partial charge in [0.25, 0.3) is 5.91 Å². The molecule has 1 N–H and O–H groups in total. The fourth-order valence-corrected chi connectivity index (χ4v) is 4.95. The van der Waals surface area contributed by atoms with E-state index in [0.717, 1.165) is 31.5 Å². The van der Waals surface area contributed by atoms with E-state index in [9.17, 15) is 18.4 Å². The van der Waals surface area contributed by atoms with Gasteiger partial charge in [0.1, 0.15) is 11.6 Å². The van der Waals surface area contributed by atoms with Gasteiger partial charge in [-0.2, -0.15) is 0 Å². The van der Waals surface area contributed by atoms with Gasteiger partial charge in [-0.3, -0.25) is 14.5 Å². The number of nitrogens with one attached hydrogen (secondary N) is 1. The van der Waals surface area contributed by atoms with Crippen molar-refractivity contribution in [3.05, 3.63) is 41.6 Å². The van der Waals surface area contributed by atoms with E-state index >= 15 is 0 Å². The maximum absolute atomic E-state index is 14.0. The SMILES string of the molecule is CN(C)C(=O)[C@H]1CN(C2CCCCC2)CC[C@@H]1NC(=O)c1cc(-c2ccc(F)cc2F)on1. The number of halogens is 2. The van der Waals surface area contributed by atoms with Gasteiger partial charge < -0.3 is 14.7 Å². The van der Waals surface area contributed by atoms with Crippen LogP contribution in [0.15, 0.2) is 28.8 Å². The van der Waals surface area contributed by atoms with Crippen LogP contribution in [0.2, 0.25) is 0 Å². The Morgan fingerprint density at radius 3 is 2.58 bits per heavy atom. The first-order valence-electron chi connectivity index (χ1n) is 11.5. The molecule has 0 bridgehead atoms. The quantitative estimate of drug-likeness (QED) is 0.739. The van der Waals surface area contributed by atoms with Gasteiger partial charge in [-0.15, -0.1) is 0 Å². The van der Waals surface area contributed by atoms with Crippen molar-refractivity contribution in [3.8, 4) is 11.3 Å². The average molecular weight is 461 g/mol. The maximum Gasteiger partial charge on any atom is 0.273 e. The first-order chi connectivity index (χ1) is 15.8. The van der Waals surface area contributed by atoms with E-state index in [2.05, 4.69) is 15.4 Å². The third-order valence-electron chi connectivity index (χ3n) is 6.75. The Labute approximate surface area is 192 Å². The number of aromatic nitrogens is 1. The summed E-state index contributed by atoms with van der Waals surface area (Å²) >= 11 is 0. The number of carbonyl (C=O) groups is 2. The third kappa shape index (κ3) is 5.24. The molecule has 1 saturated heterocycles. The van der Waals surface area contributed by atoms with E-state index in [4.69, 9.17) is 4.52 Å². The van der Waals surface area contributed by atoms with Crippen LogP contribution in [0.4, 0.5) is 8.78 Å². The molecule has 1 aliphatic carbocycles. The molecule has 1 aromatic heterocycles. The molecule has 9 heteroatoms. The Hall–Kier alpha value is -2.81. The first kappa shape index (κ1) is 23.4. The van der Waals surface area contributed by atoms with E-state index in [1.54, 1.807) is 19.0 Å². The summed E-state index contributed by atoms with van der Waals surface area (Å²) in [7, 11) is 3.45. The Bertz CT molecular complexity index is 1000. The van der Waals surface area contributed by atoms with Crippen LogP contribution in [-0.2, 0) is 4.79 Å². The molecule has 0 spiro atoms. The molecular weight excluding hydrogens is 430 g/mol. The smallest absolute Gasteiger partial charge is 0.273 e. The molecule has 2 heterocycles. The molecule has 2 atom stereocenters. The van der Waals surface area contributed by atoms with Gasteiger partial charge in [-0.25, -0.2) is 8.78 Å². The van der Waals surface area contributed by atoms with Crippen LogP contribution >= 0.6 is 0 Å². The van der Waals surface area contributed by atoms with Crippen LogP contribution in [0, 0.1) is 17.6 Å². The molecule has 2 fully saturated rings. The first-order valence-corrected chi connectivity index (χ1v) is 11.5. The number of rotatable bonds is 5. The Morgan fingerprint density at radius 2 is 1.88 bits per heavy atom. The summed E-state index contributed by atoms with van der Waals surface area (Å²) in [6.45, 7) is 1.43. The van der Waals surface area contributed by atoms with Gasteiger partial charge >= 0.3 is 0 Å². The zero-order valence-electron chi connectivity index (χ0n) is 19.0. The van der Waals surface area contributed by atoms with E-state index in [1.165, 1.54) is 31.4 Å². The molecular formula is C24H30F2N4O3. The molecule has 7 nitrogen and oxygen atoms in total. The summed E-state index contributed by atoms with van der Waals surface area (Å²) in [6, 6.07) is 4.57. The number of benzene rings is 1. The number of amides is 2. The number of carbonyl (C=O) groups excluding carboxylic acids is 2. The van der Waals surface area contributed by atoms with Gasteiger partial charge in [-0.05, 0) is 31.4 Å². The maximum atomic E-state index is 14.0. The zero-order chi connectivity index (χ0) is 23.5. The minimum absolute atomic E-state index is 0.0144. The van der Waals surface area contributed by atoms with Crippen LogP contribution in [0.3, 0.4) is 0 Å². The van der Waals surface area contributed by atoms with Crippen LogP contribution < -0.4 is 5.32 Å². The molecule has 0 radical (unpaired) electrons. The number of hydrogen-bond acceptors (Lipinski definition) is 5. The number of likely N-dealkylation sites (tertiary alicyclic amines) is 1. The Balaban J connectivity index is 1.47. The monoisotopic (exact) mass is 460 g/mol. The fraction of sp³-hybridized carbons (Fsp3) is 0.542. The second kappa shape index (κ2) is 9.99. The number of piperidine rings is 1. The van der Waals surface area contributed by atoms with Gasteiger partial charge in [0.05, 0.1) is 11.5 Å². The van der Waals surface area contributed by atoms with Crippen molar-refractivity contribution >= 4 is 11.8 Å². The lowest BCUT2D eigenvalue weighted by atomic mass is 9.86. The predicted molar refractivity (Wildman–Crippen MR) is 118 cm³/mol. The number of hydrogen-bond donors (Lipinski definition) is 1. The normalized spacial score (nSPS) is 22.2. The van der Waals surface area contributed by atoms with Gasteiger partial charge in [-0.1, -0.05) is 24.4 Å². The molecule has 178 valence electrons. The fourth-order valence-electron chi connectivity index (χ4n) is 4.95. The molecule has 4 rings (SSSR count). The number of nitrogens with zero attached hydrogens (tertiary/aromatic N) is 3. The van der Waals surface area contributed by atoms with Crippen molar-refractivity contribution < 1.29 is 22.9 Å². The van der Waals surface area contributed by atoms with Gasteiger partial charge in [0.15, 0.2) is 11.5 Å². The third-order valence-corrected chi connectivity index (χ3v) is 6.75. The minimum atomic E-state index is -0.801. The van der Waals surface area contributed by atoms with Crippen LogP contribution in [0.1, 0.15) is 49.0 Å². The molecule has 1 aliphatic heterocycles. The van der Waals surface area contributed by atoms with Gasteiger partial charge in [0, 0.05) is 51.4 Å². The Morgan fingerprint density at radius 1 is 1.12 bits per heavy atom. The molecule has 2 amide bonds. The van der Waals surface area contributed by atoms with Crippen LogP contribution in [0.25, 0.3) is 11.3 Å². The average Bonchev–Trinajstić information content (AvgIpc) is 3.29. The largest absolute Gasteiger partial charge is 0.355 e. The van der Waals surface area contributed by atoms with Crippen LogP contribution in [0.5, 0.6) is 0 Å². The van der Waals surface area contributed by atoms with Crippen molar-refractivity contribution in [2.75, 3.05) is 27.2 Å². The van der Waals surface area contributed by atoms with Crippen LogP contribution in [-0.4, -0.2) is 66.0 Å². The second-order valence-corrected chi connectivity index (χ2v) is 9.20. The van der Waals surface area contributed by atoms with E-state index in [-0.39, 0.29) is 34.9 Å². The summed E-state index contributed by atoms with van der Waals surface area (Å²) in [5.74, 6) is -2.34. The summed E-state index contributed by atoms with van der Waals surface area (Å²) in [4.78, 5) is 29.8. The lowest BCUT2D eigenvalue weighted by molar-refractivity contribution is -0.136. The second-order valence-electron chi connectivity index (χ2n) is 9.20. The summed E-state index contributed by atoms with van der Waals surface area (Å²) in [5.41, 5.74) is 0.00360. The predicted octanol–water partition coefficient (Wildman–Crippen LogP) is 3.46. The molecule has 1 aromatic carbocycles. The van der Waals surface area contributed by atoms with Crippen molar-refractivity contribution in [2.24, 2.45) is 5.92 Å². The minimum Gasteiger partial charge on any atom is -0.355 e. The zero-order valence-corrected chi connectivity index (χ0v) is 19.0. The highest BCUT2D eigenvalue weighted by molar-refractivity contribution is 5.94. The summed E-state index contributed by atoms with van der Waals surface area (Å²) in [6.07, 6.45) is 6.67. The standard InChI is InChI=1S/C24H30F2N4O3/c1-29(2)24(32)18-14-30(16-6-4-3-5-7-16)11-10-20(18)27-23(31)21-13-22(33-28-21)17-9-8-15(25)12-19(17)26/h8-9,12-13,16,18,20H,3-7,10-11,14H2,1-2H3,(H,27,31)/t18-,20-/m0/s1. The topological polar surface area (TPSA) is 78.7 Å². The highest BCUT2D eigenvalue weighted by atomic mass is 19.1. The lowest BCUT2D eigenvalue weighted by Crippen LogP contribution is -2.57. The Kier molecular flexibility index (Phi) is 7.07. The van der Waals surface area contributed by atoms with Crippen molar-refractivity contribution in [3.63, 3.8) is 0 Å². The highest BCUT2D eigenvalue weighted by Crippen LogP contribution is 2.29. The highest BCUT2D eigenvalue weighted by Gasteiger charge is 2.38. The van der Waals surface area contributed by atoms with E-state index in [0.29, 0.717) is 19.0 Å².